The maximum atomic E-state index is 6.06. The highest BCUT2D eigenvalue weighted by atomic mass is 31.2. The van der Waals surface area contributed by atoms with E-state index in [-0.39, 0.29) is 0 Å². The first-order valence-corrected chi connectivity index (χ1v) is 12.0. The molecule has 2 heterocycles. The minimum absolute atomic E-state index is 0.702. The quantitative estimate of drug-likeness (QED) is 0.470. The minimum Gasteiger partial charge on any atom is -0.424 e. The second-order valence-corrected chi connectivity index (χ2v) is 10.6. The molecule has 0 amide bonds. The van der Waals surface area contributed by atoms with Crippen molar-refractivity contribution >= 4 is 34.5 Å². The summed E-state index contributed by atoms with van der Waals surface area (Å²) in [4.78, 5) is 7.17. The van der Waals surface area contributed by atoms with Crippen LogP contribution in [0.4, 0.5) is 5.88 Å². The van der Waals surface area contributed by atoms with Crippen molar-refractivity contribution < 1.29 is 9.15 Å². The molecule has 5 heteroatoms. The Morgan fingerprint density at radius 3 is 1.60 bits per heavy atom. The average molecular weight is 415 g/mol. The van der Waals surface area contributed by atoms with Crippen molar-refractivity contribution in [3.8, 4) is 0 Å². The van der Waals surface area contributed by atoms with Crippen LogP contribution < -0.4 is 26.2 Å². The van der Waals surface area contributed by atoms with Gasteiger partial charge < -0.3 is 14.1 Å². The molecule has 1 aromatic heterocycles. The van der Waals surface area contributed by atoms with Gasteiger partial charge in [0.2, 0.25) is 0 Å². The van der Waals surface area contributed by atoms with Crippen LogP contribution in [-0.2, 0) is 4.74 Å². The molecule has 150 valence electrons. The van der Waals surface area contributed by atoms with Crippen molar-refractivity contribution in [3.63, 3.8) is 0 Å². The van der Waals surface area contributed by atoms with Crippen molar-refractivity contribution in [1.29, 1.82) is 0 Å². The lowest BCUT2D eigenvalue weighted by Gasteiger charge is -2.30. The standard InChI is InChI=1S/C25H24N2O2P/c1-4-10-21(11-5-1)30(22-12-6-2-7-13-22,23-14-8-3-9-15-23)24-25(29-20-26-24)27-16-18-28-19-17-27/h1-15,20H,16-19H2/q+1. The second-order valence-electron chi connectivity index (χ2n) is 7.26. The highest BCUT2D eigenvalue weighted by molar-refractivity contribution is 8.01. The predicted octanol–water partition coefficient (Wildman–Crippen LogP) is 3.13. The number of morpholine rings is 1. The van der Waals surface area contributed by atoms with E-state index in [0.29, 0.717) is 13.2 Å². The number of aromatic nitrogens is 1. The van der Waals surface area contributed by atoms with Crippen LogP contribution in [0.25, 0.3) is 0 Å². The summed E-state index contributed by atoms with van der Waals surface area (Å²) in [5.74, 6) is 0.864. The number of benzene rings is 3. The summed E-state index contributed by atoms with van der Waals surface area (Å²) in [6.07, 6.45) is 1.60. The van der Waals surface area contributed by atoms with Gasteiger partial charge in [0.1, 0.15) is 15.9 Å². The molecule has 0 radical (unpaired) electrons. The van der Waals surface area contributed by atoms with E-state index in [1.807, 2.05) is 0 Å². The normalized spacial score (nSPS) is 14.6. The number of ether oxygens (including phenoxy) is 1. The molecule has 0 bridgehead atoms. The van der Waals surface area contributed by atoms with Gasteiger partial charge in [-0.3, -0.25) is 0 Å². The Balaban J connectivity index is 1.83. The first-order chi connectivity index (χ1) is 14.9. The molecule has 0 spiro atoms. The van der Waals surface area contributed by atoms with E-state index in [0.717, 1.165) is 24.4 Å². The molecule has 30 heavy (non-hydrogen) atoms. The fourth-order valence-corrected chi connectivity index (χ4v) is 8.40. The van der Waals surface area contributed by atoms with Crippen LogP contribution in [0.15, 0.2) is 102 Å². The van der Waals surface area contributed by atoms with Gasteiger partial charge in [0, 0.05) is 13.1 Å². The van der Waals surface area contributed by atoms with Gasteiger partial charge in [-0.25, -0.2) is 0 Å². The maximum Gasteiger partial charge on any atom is 0.261 e. The van der Waals surface area contributed by atoms with E-state index in [2.05, 4.69) is 95.9 Å². The van der Waals surface area contributed by atoms with Gasteiger partial charge >= 0.3 is 0 Å². The Hall–Kier alpha value is -2.94. The number of hydrogen-bond acceptors (Lipinski definition) is 4. The number of rotatable bonds is 5. The van der Waals surface area contributed by atoms with Gasteiger partial charge in [0.15, 0.2) is 13.7 Å². The molecule has 1 aliphatic heterocycles. The third-order valence-corrected chi connectivity index (χ3v) is 9.74. The molecule has 0 saturated carbocycles. The fraction of sp³-hybridized carbons (Fsp3) is 0.160. The van der Waals surface area contributed by atoms with Crippen LogP contribution in [-0.4, -0.2) is 31.3 Å². The Morgan fingerprint density at radius 1 is 0.667 bits per heavy atom. The summed E-state index contributed by atoms with van der Waals surface area (Å²) < 4.78 is 11.6. The van der Waals surface area contributed by atoms with Gasteiger partial charge in [0.25, 0.3) is 11.3 Å². The molecule has 0 N–H and O–H groups in total. The van der Waals surface area contributed by atoms with Crippen LogP contribution in [0.5, 0.6) is 0 Å². The fourth-order valence-electron chi connectivity index (χ4n) is 4.22. The van der Waals surface area contributed by atoms with E-state index in [1.165, 1.54) is 15.9 Å². The first-order valence-electron chi connectivity index (χ1n) is 10.2. The summed E-state index contributed by atoms with van der Waals surface area (Å²) in [6.45, 7) is 3.02. The summed E-state index contributed by atoms with van der Waals surface area (Å²) in [5, 5.41) is 3.81. The van der Waals surface area contributed by atoms with E-state index in [4.69, 9.17) is 14.1 Å². The molecule has 4 aromatic rings. The molecular weight excluding hydrogens is 391 g/mol. The molecule has 3 aromatic carbocycles. The number of anilines is 1. The smallest absolute Gasteiger partial charge is 0.261 e. The average Bonchev–Trinajstić information content (AvgIpc) is 3.33. The molecule has 1 fully saturated rings. The third-order valence-electron chi connectivity index (χ3n) is 5.58. The molecule has 0 atom stereocenters. The monoisotopic (exact) mass is 415 g/mol. The van der Waals surface area contributed by atoms with Gasteiger partial charge in [-0.15, -0.1) is 0 Å². The lowest BCUT2D eigenvalue weighted by Crippen LogP contribution is -2.44. The molecule has 1 saturated heterocycles. The predicted molar refractivity (Wildman–Crippen MR) is 124 cm³/mol. The Bertz CT molecular complexity index is 981. The second kappa shape index (κ2) is 8.43. The summed E-state index contributed by atoms with van der Waals surface area (Å²) in [5.41, 5.74) is 1.02. The van der Waals surface area contributed by atoms with Crippen molar-refractivity contribution in [2.24, 2.45) is 0 Å². The first kappa shape index (κ1) is 19.0. The van der Waals surface area contributed by atoms with Crippen molar-refractivity contribution in [3.05, 3.63) is 97.4 Å². The zero-order chi connectivity index (χ0) is 20.2. The van der Waals surface area contributed by atoms with Crippen LogP contribution in [0.1, 0.15) is 0 Å². The van der Waals surface area contributed by atoms with Gasteiger partial charge in [-0.2, -0.15) is 4.98 Å². The van der Waals surface area contributed by atoms with Crippen LogP contribution in [0.2, 0.25) is 0 Å². The molecule has 1 aliphatic rings. The minimum atomic E-state index is -2.25. The summed E-state index contributed by atoms with van der Waals surface area (Å²) >= 11 is 0. The number of hydrogen-bond donors (Lipinski definition) is 0. The maximum absolute atomic E-state index is 6.06. The molecule has 0 unspecified atom stereocenters. The Labute approximate surface area is 177 Å². The SMILES string of the molecule is c1ccc([P+](c2ccccc2)(c2ccccc2)c2ncoc2N2CCOCC2)cc1. The van der Waals surface area contributed by atoms with Gasteiger partial charge in [-0.05, 0) is 36.4 Å². The third kappa shape index (κ3) is 3.23. The van der Waals surface area contributed by atoms with Gasteiger partial charge in [0.05, 0.1) is 13.2 Å². The van der Waals surface area contributed by atoms with E-state index in [9.17, 15) is 0 Å². The van der Waals surface area contributed by atoms with Crippen molar-refractivity contribution in [2.45, 2.75) is 0 Å². The summed E-state index contributed by atoms with van der Waals surface area (Å²) in [6, 6.07) is 32.3. The highest BCUT2D eigenvalue weighted by Crippen LogP contribution is 2.55. The Morgan fingerprint density at radius 2 is 1.13 bits per heavy atom. The van der Waals surface area contributed by atoms with E-state index in [1.54, 1.807) is 6.39 Å². The number of nitrogens with zero attached hydrogens (tertiary/aromatic N) is 2. The molecule has 5 rings (SSSR count). The van der Waals surface area contributed by atoms with E-state index < -0.39 is 7.26 Å². The number of oxazole rings is 1. The van der Waals surface area contributed by atoms with Crippen LogP contribution >= 0.6 is 7.26 Å². The largest absolute Gasteiger partial charge is 0.424 e. The zero-order valence-corrected chi connectivity index (χ0v) is 17.6. The van der Waals surface area contributed by atoms with Crippen molar-refractivity contribution in [2.75, 3.05) is 31.2 Å². The molecule has 0 aliphatic carbocycles. The summed E-state index contributed by atoms with van der Waals surface area (Å²) in [7, 11) is -2.25. The Kier molecular flexibility index (Phi) is 5.35. The van der Waals surface area contributed by atoms with Gasteiger partial charge in [-0.1, -0.05) is 54.6 Å². The topological polar surface area (TPSA) is 38.5 Å². The zero-order valence-electron chi connectivity index (χ0n) is 16.7. The lowest BCUT2D eigenvalue weighted by atomic mass is 10.4. The molecular formula is C25H24N2O2P+. The van der Waals surface area contributed by atoms with E-state index >= 15 is 0 Å². The van der Waals surface area contributed by atoms with Crippen molar-refractivity contribution in [1.82, 2.24) is 4.98 Å². The van der Waals surface area contributed by atoms with Crippen LogP contribution in [0.3, 0.4) is 0 Å². The molecule has 4 nitrogen and oxygen atoms in total. The highest BCUT2D eigenvalue weighted by Gasteiger charge is 2.53. The van der Waals surface area contributed by atoms with Crippen LogP contribution in [0, 0.1) is 0 Å². The lowest BCUT2D eigenvalue weighted by molar-refractivity contribution is 0.121.